The van der Waals surface area contributed by atoms with Crippen LogP contribution in [0.3, 0.4) is 0 Å². The number of rotatable bonds is 6. The summed E-state index contributed by atoms with van der Waals surface area (Å²) in [7, 11) is 1.56. The first-order chi connectivity index (χ1) is 11.2. The number of carboxylic acid groups (broad SMARTS) is 2. The summed E-state index contributed by atoms with van der Waals surface area (Å²) in [6.45, 7) is -0.364. The molecule has 2 rings (SSSR count). The summed E-state index contributed by atoms with van der Waals surface area (Å²) < 4.78 is 2.73. The average molecular weight is 339 g/mol. The second-order valence-electron chi connectivity index (χ2n) is 5.03. The fourth-order valence-corrected chi connectivity index (χ4v) is 2.20. The van der Waals surface area contributed by atoms with E-state index in [1.54, 1.807) is 7.05 Å². The SMILES string of the molecule is Cn1c[n+](CC(=O)N[C@@H](CC(=O)O)C(=O)O)c2nc(N)[nH]c(=O)c21. The Labute approximate surface area is 133 Å². The van der Waals surface area contributed by atoms with Crippen molar-refractivity contribution in [3.8, 4) is 0 Å². The maximum absolute atomic E-state index is 12.0. The standard InChI is InChI=1S/C12H14N6O6/c1-17-4-18(9-8(17)10(22)16-12(13)15-9)3-6(19)14-5(11(23)24)2-7(20)21/h4-5H,2-3H2,1H3,(H5-,13,14,15,16,19,20,21,22,23,24)/p+1/t5-/m0/s1. The number of nitrogens with zero attached hydrogens (tertiary/aromatic N) is 3. The predicted octanol–water partition coefficient (Wildman–Crippen LogP) is -2.82. The van der Waals surface area contributed by atoms with Crippen LogP contribution >= 0.6 is 0 Å². The van der Waals surface area contributed by atoms with E-state index in [1.165, 1.54) is 15.5 Å². The lowest BCUT2D eigenvalue weighted by Crippen LogP contribution is -2.48. The number of nitrogen functional groups attached to an aromatic ring is 1. The van der Waals surface area contributed by atoms with E-state index in [4.69, 9.17) is 15.9 Å². The van der Waals surface area contributed by atoms with E-state index >= 15 is 0 Å². The molecular formula is C12H15N6O6+. The van der Waals surface area contributed by atoms with Crippen LogP contribution in [0.5, 0.6) is 0 Å². The second kappa shape index (κ2) is 6.36. The highest BCUT2D eigenvalue weighted by Crippen LogP contribution is 2.02. The van der Waals surface area contributed by atoms with Crippen LogP contribution in [0.4, 0.5) is 5.95 Å². The fraction of sp³-hybridized carbons (Fsp3) is 0.333. The number of carbonyl (C=O) groups excluding carboxylic acids is 1. The van der Waals surface area contributed by atoms with Gasteiger partial charge in [-0.05, 0) is 0 Å². The van der Waals surface area contributed by atoms with Gasteiger partial charge in [0.25, 0.3) is 17.4 Å². The van der Waals surface area contributed by atoms with Gasteiger partial charge >= 0.3 is 17.6 Å². The number of nitrogens with one attached hydrogen (secondary N) is 2. The van der Waals surface area contributed by atoms with Gasteiger partial charge in [0.15, 0.2) is 12.9 Å². The highest BCUT2D eigenvalue weighted by atomic mass is 16.4. The van der Waals surface area contributed by atoms with Gasteiger partial charge in [-0.2, -0.15) is 0 Å². The van der Waals surface area contributed by atoms with E-state index in [0.29, 0.717) is 0 Å². The first-order valence-corrected chi connectivity index (χ1v) is 6.67. The summed E-state index contributed by atoms with van der Waals surface area (Å²) in [6, 6.07) is -1.56. The second-order valence-corrected chi connectivity index (χ2v) is 5.03. The minimum atomic E-state index is -1.56. The van der Waals surface area contributed by atoms with Gasteiger partial charge in [0.1, 0.15) is 6.04 Å². The van der Waals surface area contributed by atoms with Crippen molar-refractivity contribution in [3.05, 3.63) is 16.7 Å². The Morgan fingerprint density at radius 1 is 1.46 bits per heavy atom. The molecule has 1 atom stereocenters. The molecule has 0 saturated heterocycles. The maximum Gasteiger partial charge on any atom is 0.326 e. The lowest BCUT2D eigenvalue weighted by atomic mass is 10.2. The Bertz CT molecular complexity index is 884. The van der Waals surface area contributed by atoms with Gasteiger partial charge < -0.3 is 21.3 Å². The molecule has 0 aliphatic rings. The number of aliphatic carboxylic acids is 2. The molecule has 0 saturated carbocycles. The third-order valence-corrected chi connectivity index (χ3v) is 3.16. The molecule has 1 amide bonds. The molecule has 6 N–H and O–H groups in total. The van der Waals surface area contributed by atoms with Gasteiger partial charge in [0, 0.05) is 0 Å². The molecule has 0 aromatic carbocycles. The molecule has 128 valence electrons. The lowest BCUT2D eigenvalue weighted by molar-refractivity contribution is -0.661. The largest absolute Gasteiger partial charge is 0.481 e. The number of imidazole rings is 1. The zero-order valence-corrected chi connectivity index (χ0v) is 12.5. The zero-order chi connectivity index (χ0) is 18.0. The first-order valence-electron chi connectivity index (χ1n) is 6.67. The van der Waals surface area contributed by atoms with Crippen molar-refractivity contribution in [3.63, 3.8) is 0 Å². The van der Waals surface area contributed by atoms with Crippen LogP contribution in [0.15, 0.2) is 11.1 Å². The van der Waals surface area contributed by atoms with Crippen molar-refractivity contribution in [2.45, 2.75) is 19.0 Å². The normalized spacial score (nSPS) is 12.0. The number of nitrogens with two attached hydrogens (primary N) is 1. The number of aryl methyl sites for hydroxylation is 1. The van der Waals surface area contributed by atoms with E-state index < -0.39 is 35.9 Å². The smallest absolute Gasteiger partial charge is 0.326 e. The average Bonchev–Trinajstić information content (AvgIpc) is 2.73. The number of aromatic nitrogens is 4. The van der Waals surface area contributed by atoms with Crippen LogP contribution in [0.25, 0.3) is 11.2 Å². The van der Waals surface area contributed by atoms with Crippen molar-refractivity contribution in [1.82, 2.24) is 19.9 Å². The molecule has 0 bridgehead atoms. The molecule has 0 radical (unpaired) electrons. The Kier molecular flexibility index (Phi) is 4.48. The number of carboxylic acids is 2. The van der Waals surface area contributed by atoms with Gasteiger partial charge in [-0.25, -0.2) is 9.36 Å². The molecule has 0 aliphatic carbocycles. The summed E-state index contributed by atoms with van der Waals surface area (Å²) in [6.07, 6.45) is 0.658. The Hall–Kier alpha value is -3.44. The van der Waals surface area contributed by atoms with E-state index in [0.717, 1.165) is 0 Å². The molecule has 0 fully saturated rings. The summed E-state index contributed by atoms with van der Waals surface area (Å²) in [4.78, 5) is 51.7. The molecule has 12 nitrogen and oxygen atoms in total. The summed E-state index contributed by atoms with van der Waals surface area (Å²) in [5.41, 5.74) is 5.30. The third kappa shape index (κ3) is 3.48. The van der Waals surface area contributed by atoms with Crippen LogP contribution < -0.4 is 21.2 Å². The number of hydrogen-bond acceptors (Lipinski definition) is 6. The van der Waals surface area contributed by atoms with E-state index in [-0.39, 0.29) is 23.7 Å². The van der Waals surface area contributed by atoms with E-state index in [1.807, 2.05) is 0 Å². The fourth-order valence-electron chi connectivity index (χ4n) is 2.20. The monoisotopic (exact) mass is 339 g/mol. The quantitative estimate of drug-likeness (QED) is 0.349. The first kappa shape index (κ1) is 16.9. The van der Waals surface area contributed by atoms with Crippen LogP contribution in [-0.2, 0) is 28.0 Å². The highest BCUT2D eigenvalue weighted by Gasteiger charge is 2.26. The van der Waals surface area contributed by atoms with Gasteiger partial charge in [-0.1, -0.05) is 4.98 Å². The van der Waals surface area contributed by atoms with Crippen molar-refractivity contribution in [2.75, 3.05) is 5.73 Å². The number of fused-ring (bicyclic) bond motifs is 1. The molecule has 2 aromatic heterocycles. The van der Waals surface area contributed by atoms with Gasteiger partial charge in [-0.3, -0.25) is 23.9 Å². The van der Waals surface area contributed by atoms with Crippen LogP contribution in [0.2, 0.25) is 0 Å². The molecule has 2 heterocycles. The lowest BCUT2D eigenvalue weighted by Gasteiger charge is -2.11. The molecule has 0 aliphatic heterocycles. The molecule has 12 heteroatoms. The summed E-state index contributed by atoms with van der Waals surface area (Å²) >= 11 is 0. The predicted molar refractivity (Wildman–Crippen MR) is 77.8 cm³/mol. The van der Waals surface area contributed by atoms with Crippen molar-refractivity contribution >= 4 is 35.0 Å². The third-order valence-electron chi connectivity index (χ3n) is 3.16. The Balaban J connectivity index is 2.26. The van der Waals surface area contributed by atoms with Gasteiger partial charge in [-0.15, -0.1) is 0 Å². The number of aromatic amines is 1. The topological polar surface area (TPSA) is 184 Å². The van der Waals surface area contributed by atoms with Gasteiger partial charge in [0.2, 0.25) is 5.52 Å². The molecule has 0 unspecified atom stereocenters. The summed E-state index contributed by atoms with van der Waals surface area (Å²) in [5.74, 6) is -3.71. The minimum absolute atomic E-state index is 0.137. The number of hydrogen-bond donors (Lipinski definition) is 5. The number of anilines is 1. The molecule has 0 spiro atoms. The van der Waals surface area contributed by atoms with Crippen molar-refractivity contribution in [2.24, 2.45) is 7.05 Å². The Morgan fingerprint density at radius 3 is 2.71 bits per heavy atom. The van der Waals surface area contributed by atoms with Gasteiger partial charge in [0.05, 0.1) is 13.5 Å². The van der Waals surface area contributed by atoms with Crippen molar-refractivity contribution < 1.29 is 29.2 Å². The minimum Gasteiger partial charge on any atom is -0.481 e. The number of H-pyrrole nitrogens is 1. The molecular weight excluding hydrogens is 324 g/mol. The maximum atomic E-state index is 12.0. The van der Waals surface area contributed by atoms with E-state index in [9.17, 15) is 19.2 Å². The van der Waals surface area contributed by atoms with Crippen LogP contribution in [0.1, 0.15) is 6.42 Å². The van der Waals surface area contributed by atoms with Crippen molar-refractivity contribution in [1.29, 1.82) is 0 Å². The highest BCUT2D eigenvalue weighted by molar-refractivity contribution is 5.86. The molecule has 2 aromatic rings. The van der Waals surface area contributed by atoms with Crippen LogP contribution in [0, 0.1) is 0 Å². The van der Waals surface area contributed by atoms with Crippen LogP contribution in [-0.4, -0.2) is 48.6 Å². The molecule has 24 heavy (non-hydrogen) atoms. The van der Waals surface area contributed by atoms with E-state index in [2.05, 4.69) is 15.3 Å². The Morgan fingerprint density at radius 2 is 2.12 bits per heavy atom. The number of carbonyl (C=O) groups is 3. The summed E-state index contributed by atoms with van der Waals surface area (Å²) in [5, 5.41) is 19.7. The zero-order valence-electron chi connectivity index (χ0n) is 12.5. The number of amides is 1.